The van der Waals surface area contributed by atoms with E-state index >= 15 is 0 Å². The molecule has 0 spiro atoms. The quantitative estimate of drug-likeness (QED) is 0.601. The van der Waals surface area contributed by atoms with E-state index in [1.807, 2.05) is 24.3 Å². The molecule has 2 nitrogen and oxygen atoms in total. The number of fused-ring (bicyclic) bond motifs is 1. The van der Waals surface area contributed by atoms with Crippen LogP contribution in [0, 0.1) is 0 Å². The number of aliphatic hydroxyl groups is 2. The second-order valence-electron chi connectivity index (χ2n) is 3.64. The molecule has 2 rings (SSSR count). The van der Waals surface area contributed by atoms with E-state index in [0.29, 0.717) is 6.42 Å². The minimum Gasteiger partial charge on any atom is -0.387 e. The highest BCUT2D eigenvalue weighted by Crippen LogP contribution is 2.38. The summed E-state index contributed by atoms with van der Waals surface area (Å²) in [4.78, 5) is 0. The Kier molecular flexibility index (Phi) is 1.50. The van der Waals surface area contributed by atoms with Gasteiger partial charge in [0.15, 0.2) is 0 Å². The summed E-state index contributed by atoms with van der Waals surface area (Å²) in [5.41, 5.74) is 0.932. The van der Waals surface area contributed by atoms with Gasteiger partial charge in [-0.1, -0.05) is 24.3 Å². The van der Waals surface area contributed by atoms with Gasteiger partial charge in [0.05, 0.1) is 5.60 Å². The molecule has 1 aliphatic carbocycles. The van der Waals surface area contributed by atoms with Crippen molar-refractivity contribution in [2.24, 2.45) is 0 Å². The number of hydrogen-bond donors (Lipinski definition) is 2. The predicted octanol–water partition coefficient (Wildman–Crippen LogP) is 1.03. The zero-order valence-electron chi connectivity index (χ0n) is 6.99. The maximum Gasteiger partial charge on any atom is 0.108 e. The van der Waals surface area contributed by atoms with E-state index in [2.05, 4.69) is 0 Å². The minimum atomic E-state index is -0.982. The molecule has 1 aromatic carbocycles. The van der Waals surface area contributed by atoms with Gasteiger partial charge in [-0.05, 0) is 18.1 Å². The highest BCUT2D eigenvalue weighted by atomic mass is 16.3. The van der Waals surface area contributed by atoms with Gasteiger partial charge >= 0.3 is 0 Å². The summed E-state index contributed by atoms with van der Waals surface area (Å²) < 4.78 is 0. The Balaban J connectivity index is 2.49. The van der Waals surface area contributed by atoms with Crippen molar-refractivity contribution < 1.29 is 10.2 Å². The molecule has 0 amide bonds. The largest absolute Gasteiger partial charge is 0.387 e. The molecular weight excluding hydrogens is 152 g/mol. The van der Waals surface area contributed by atoms with E-state index in [9.17, 15) is 10.2 Å². The van der Waals surface area contributed by atoms with E-state index in [4.69, 9.17) is 0 Å². The lowest BCUT2D eigenvalue weighted by molar-refractivity contribution is -0.0499. The number of aliphatic hydroxyl groups excluding tert-OH is 1. The summed E-state index contributed by atoms with van der Waals surface area (Å²) in [6.07, 6.45) is -0.182. The zero-order valence-corrected chi connectivity index (χ0v) is 6.99. The number of benzene rings is 1. The van der Waals surface area contributed by atoms with Crippen LogP contribution in [0.1, 0.15) is 24.2 Å². The van der Waals surface area contributed by atoms with Crippen molar-refractivity contribution in [3.8, 4) is 0 Å². The van der Waals surface area contributed by atoms with Gasteiger partial charge in [0, 0.05) is 6.42 Å². The van der Waals surface area contributed by atoms with Gasteiger partial charge in [0.1, 0.15) is 6.10 Å². The Morgan fingerprint density at radius 1 is 1.42 bits per heavy atom. The Labute approximate surface area is 71.5 Å². The molecule has 0 aromatic heterocycles. The summed E-state index contributed by atoms with van der Waals surface area (Å²) in [6.45, 7) is 1.66. The van der Waals surface area contributed by atoms with Gasteiger partial charge in [-0.25, -0.2) is 0 Å². The van der Waals surface area contributed by atoms with Crippen molar-refractivity contribution in [2.75, 3.05) is 0 Å². The van der Waals surface area contributed by atoms with Gasteiger partial charge in [0.2, 0.25) is 0 Å². The van der Waals surface area contributed by atoms with Crippen molar-refractivity contribution in [1.29, 1.82) is 0 Å². The SMILES string of the molecule is C[C@]1(O)Cc2ccccc2[C@H]1O. The summed E-state index contributed by atoms with van der Waals surface area (Å²) in [5, 5.41) is 19.4. The Hall–Kier alpha value is -0.860. The fourth-order valence-corrected chi connectivity index (χ4v) is 1.78. The van der Waals surface area contributed by atoms with E-state index < -0.39 is 11.7 Å². The van der Waals surface area contributed by atoms with Crippen LogP contribution in [-0.4, -0.2) is 15.8 Å². The number of rotatable bonds is 0. The zero-order chi connectivity index (χ0) is 8.77. The minimum absolute atomic E-state index is 0.546. The first kappa shape index (κ1) is 7.77. The van der Waals surface area contributed by atoms with Gasteiger partial charge in [-0.15, -0.1) is 0 Å². The molecule has 0 saturated carbocycles. The summed E-state index contributed by atoms with van der Waals surface area (Å²) in [5.74, 6) is 0. The van der Waals surface area contributed by atoms with Gasteiger partial charge < -0.3 is 10.2 Å². The molecule has 12 heavy (non-hydrogen) atoms. The molecule has 0 fully saturated rings. The Morgan fingerprint density at radius 2 is 2.08 bits per heavy atom. The lowest BCUT2D eigenvalue weighted by atomic mass is 10.0. The van der Waals surface area contributed by atoms with Crippen LogP contribution in [0.25, 0.3) is 0 Å². The van der Waals surface area contributed by atoms with Crippen LogP contribution >= 0.6 is 0 Å². The third-order valence-electron chi connectivity index (χ3n) is 2.49. The fourth-order valence-electron chi connectivity index (χ4n) is 1.78. The molecule has 0 aliphatic heterocycles. The molecule has 0 radical (unpaired) electrons. The van der Waals surface area contributed by atoms with Crippen LogP contribution in [0.5, 0.6) is 0 Å². The summed E-state index contributed by atoms with van der Waals surface area (Å²) in [6, 6.07) is 7.61. The Morgan fingerprint density at radius 3 is 2.75 bits per heavy atom. The van der Waals surface area contributed by atoms with Crippen LogP contribution in [0.2, 0.25) is 0 Å². The lowest BCUT2D eigenvalue weighted by Crippen LogP contribution is -2.29. The first-order valence-corrected chi connectivity index (χ1v) is 4.09. The smallest absolute Gasteiger partial charge is 0.108 e. The first-order chi connectivity index (χ1) is 5.61. The van der Waals surface area contributed by atoms with Gasteiger partial charge in [0.25, 0.3) is 0 Å². The highest BCUT2D eigenvalue weighted by molar-refractivity contribution is 5.37. The molecule has 64 valence electrons. The number of hydrogen-bond acceptors (Lipinski definition) is 2. The van der Waals surface area contributed by atoms with E-state index in [1.54, 1.807) is 6.92 Å². The van der Waals surface area contributed by atoms with E-state index in [0.717, 1.165) is 11.1 Å². The molecule has 2 heteroatoms. The molecule has 1 aliphatic rings. The van der Waals surface area contributed by atoms with Crippen molar-refractivity contribution in [3.63, 3.8) is 0 Å². The van der Waals surface area contributed by atoms with E-state index in [1.165, 1.54) is 0 Å². The maximum absolute atomic E-state index is 9.73. The third kappa shape index (κ3) is 0.958. The van der Waals surface area contributed by atoms with Crippen LogP contribution in [0.4, 0.5) is 0 Å². The van der Waals surface area contributed by atoms with Crippen molar-refractivity contribution in [2.45, 2.75) is 25.0 Å². The molecule has 2 atom stereocenters. The first-order valence-electron chi connectivity index (χ1n) is 4.09. The van der Waals surface area contributed by atoms with Crippen LogP contribution in [-0.2, 0) is 6.42 Å². The van der Waals surface area contributed by atoms with Crippen molar-refractivity contribution >= 4 is 0 Å². The second kappa shape index (κ2) is 2.31. The van der Waals surface area contributed by atoms with Crippen LogP contribution in [0.3, 0.4) is 0 Å². The average Bonchev–Trinajstić information content (AvgIpc) is 2.24. The van der Waals surface area contributed by atoms with Gasteiger partial charge in [-0.3, -0.25) is 0 Å². The Bertz CT molecular complexity index is 304. The maximum atomic E-state index is 9.73. The molecule has 0 bridgehead atoms. The molecule has 0 unspecified atom stereocenters. The average molecular weight is 164 g/mol. The van der Waals surface area contributed by atoms with Crippen LogP contribution in [0.15, 0.2) is 24.3 Å². The second-order valence-corrected chi connectivity index (χ2v) is 3.64. The van der Waals surface area contributed by atoms with Crippen LogP contribution < -0.4 is 0 Å². The monoisotopic (exact) mass is 164 g/mol. The molecule has 0 heterocycles. The molecule has 2 N–H and O–H groups in total. The predicted molar refractivity (Wildman–Crippen MR) is 45.7 cm³/mol. The molecule has 1 aromatic rings. The summed E-state index contributed by atoms with van der Waals surface area (Å²) in [7, 11) is 0. The highest BCUT2D eigenvalue weighted by Gasteiger charge is 2.39. The standard InChI is InChI=1S/C10H12O2/c1-10(12)6-7-4-2-3-5-8(7)9(10)11/h2-5,9,11-12H,6H2,1H3/t9-,10+/m1/s1. The molecular formula is C10H12O2. The normalized spacial score (nSPS) is 33.4. The topological polar surface area (TPSA) is 40.5 Å². The third-order valence-corrected chi connectivity index (χ3v) is 2.49. The lowest BCUT2D eigenvalue weighted by Gasteiger charge is -2.20. The molecule has 0 saturated heterocycles. The van der Waals surface area contributed by atoms with Crippen molar-refractivity contribution in [3.05, 3.63) is 35.4 Å². The fraction of sp³-hybridized carbons (Fsp3) is 0.400. The van der Waals surface area contributed by atoms with Crippen molar-refractivity contribution in [1.82, 2.24) is 0 Å². The van der Waals surface area contributed by atoms with E-state index in [-0.39, 0.29) is 0 Å². The summed E-state index contributed by atoms with van der Waals surface area (Å²) >= 11 is 0. The van der Waals surface area contributed by atoms with Gasteiger partial charge in [-0.2, -0.15) is 0 Å².